The number of benzene rings is 2. The Balaban J connectivity index is 1.34. The molecule has 6 rings (SSSR count). The van der Waals surface area contributed by atoms with Crippen molar-refractivity contribution in [1.29, 1.82) is 0 Å². The van der Waals surface area contributed by atoms with Gasteiger partial charge in [0.15, 0.2) is 0 Å². The van der Waals surface area contributed by atoms with Gasteiger partial charge in [0.2, 0.25) is 0 Å². The van der Waals surface area contributed by atoms with Crippen LogP contribution in [0.2, 0.25) is 0 Å². The fourth-order valence-corrected chi connectivity index (χ4v) is 6.54. The van der Waals surface area contributed by atoms with E-state index >= 15 is 0 Å². The molecule has 2 unspecified atom stereocenters. The Hall–Kier alpha value is -3.58. The molecule has 0 aliphatic carbocycles. The van der Waals surface area contributed by atoms with Crippen LogP contribution in [0.15, 0.2) is 71.5 Å². The minimum absolute atomic E-state index is 0.0430. The van der Waals surface area contributed by atoms with Crippen LogP contribution in [0.1, 0.15) is 18.0 Å². The standard InChI is InChI=1S/C27H25N3O3S/c1-33-22-8-4-3-7-21(22)28-27(32)29-14-17-12-19(16-29)26-20(10-11-25(31)30(26)15-17)24-13-18-6-2-5-9-23(18)34-24/h2-11,13,17,19H,12,14-16H2,1H3,(H,28,32). The van der Waals surface area contributed by atoms with E-state index in [0.29, 0.717) is 31.1 Å². The molecule has 2 aliphatic heterocycles. The van der Waals surface area contributed by atoms with Gasteiger partial charge in [-0.25, -0.2) is 4.79 Å². The van der Waals surface area contributed by atoms with Crippen LogP contribution >= 0.6 is 11.3 Å². The number of pyridine rings is 1. The van der Waals surface area contributed by atoms with Crippen LogP contribution in [0.5, 0.6) is 5.75 Å². The quantitative estimate of drug-likeness (QED) is 0.436. The van der Waals surface area contributed by atoms with Crippen LogP contribution < -0.4 is 15.6 Å². The number of para-hydroxylation sites is 2. The predicted octanol–water partition coefficient (Wildman–Crippen LogP) is 5.39. The zero-order valence-electron chi connectivity index (χ0n) is 18.9. The van der Waals surface area contributed by atoms with E-state index in [4.69, 9.17) is 4.74 Å². The molecule has 2 amide bonds. The van der Waals surface area contributed by atoms with Gasteiger partial charge >= 0.3 is 6.03 Å². The summed E-state index contributed by atoms with van der Waals surface area (Å²) in [6, 6.07) is 21.5. The smallest absolute Gasteiger partial charge is 0.321 e. The molecule has 2 aliphatic rings. The molecule has 2 bridgehead atoms. The first-order chi connectivity index (χ1) is 16.6. The molecule has 6 nitrogen and oxygen atoms in total. The summed E-state index contributed by atoms with van der Waals surface area (Å²) in [5.74, 6) is 1.01. The molecule has 1 fully saturated rings. The predicted molar refractivity (Wildman–Crippen MR) is 136 cm³/mol. The summed E-state index contributed by atoms with van der Waals surface area (Å²) in [7, 11) is 1.60. The number of carbonyl (C=O) groups excluding carboxylic acids is 1. The molecule has 2 aromatic heterocycles. The molecule has 2 atom stereocenters. The van der Waals surface area contributed by atoms with E-state index in [-0.39, 0.29) is 23.4 Å². The van der Waals surface area contributed by atoms with Gasteiger partial charge in [-0.1, -0.05) is 30.3 Å². The Morgan fingerprint density at radius 3 is 2.71 bits per heavy atom. The van der Waals surface area contributed by atoms with Crippen molar-refractivity contribution in [1.82, 2.24) is 9.47 Å². The first kappa shape index (κ1) is 21.0. The normalized spacial score (nSPS) is 19.0. The van der Waals surface area contributed by atoms with Crippen molar-refractivity contribution in [3.8, 4) is 16.2 Å². The summed E-state index contributed by atoms with van der Waals surface area (Å²) in [6.45, 7) is 1.86. The number of anilines is 1. The van der Waals surface area contributed by atoms with E-state index in [2.05, 4.69) is 29.6 Å². The van der Waals surface area contributed by atoms with E-state index in [1.54, 1.807) is 24.5 Å². The van der Waals surface area contributed by atoms with Gasteiger partial charge in [0.25, 0.3) is 5.56 Å². The SMILES string of the molecule is COc1ccccc1NC(=O)N1CC2CC(C1)c1c(-c3cc4ccccc4s3)ccc(=O)n1C2. The van der Waals surface area contributed by atoms with E-state index in [1.165, 1.54) is 15.0 Å². The van der Waals surface area contributed by atoms with Gasteiger partial charge in [0.05, 0.1) is 12.8 Å². The zero-order chi connectivity index (χ0) is 23.2. The highest BCUT2D eigenvalue weighted by Gasteiger charge is 2.38. The summed E-state index contributed by atoms with van der Waals surface area (Å²) in [6.07, 6.45) is 0.986. The van der Waals surface area contributed by atoms with Crippen LogP contribution in [-0.2, 0) is 6.54 Å². The lowest BCUT2D eigenvalue weighted by Crippen LogP contribution is -2.50. The Bertz CT molecular complexity index is 1420. The van der Waals surface area contributed by atoms with Crippen molar-refractivity contribution >= 4 is 33.1 Å². The molecule has 0 spiro atoms. The fraction of sp³-hybridized carbons (Fsp3) is 0.259. The Morgan fingerprint density at radius 2 is 1.85 bits per heavy atom. The average Bonchev–Trinajstić information content (AvgIpc) is 3.29. The first-order valence-corrected chi connectivity index (χ1v) is 12.3. The van der Waals surface area contributed by atoms with Crippen molar-refractivity contribution in [3.05, 3.63) is 82.8 Å². The maximum atomic E-state index is 13.2. The summed E-state index contributed by atoms with van der Waals surface area (Å²) in [5, 5.41) is 4.23. The van der Waals surface area contributed by atoms with Gasteiger partial charge < -0.3 is 19.5 Å². The Morgan fingerprint density at radius 1 is 1.03 bits per heavy atom. The zero-order valence-corrected chi connectivity index (χ0v) is 19.7. The lowest BCUT2D eigenvalue weighted by Gasteiger charge is -2.43. The monoisotopic (exact) mass is 471 g/mol. The number of ether oxygens (including phenoxy) is 1. The fourth-order valence-electron chi connectivity index (χ4n) is 5.45. The van der Waals surface area contributed by atoms with Gasteiger partial charge in [-0.2, -0.15) is 0 Å². The summed E-state index contributed by atoms with van der Waals surface area (Å²) >= 11 is 1.75. The van der Waals surface area contributed by atoms with Crippen LogP contribution in [0, 0.1) is 5.92 Å². The van der Waals surface area contributed by atoms with E-state index in [0.717, 1.165) is 17.7 Å². The molecule has 4 aromatic rings. The average molecular weight is 472 g/mol. The van der Waals surface area contributed by atoms with Crippen LogP contribution in [0.4, 0.5) is 10.5 Å². The third-order valence-corrected chi connectivity index (χ3v) is 8.07. The largest absolute Gasteiger partial charge is 0.495 e. The number of urea groups is 1. The number of methoxy groups -OCH3 is 1. The second-order valence-electron chi connectivity index (χ2n) is 9.06. The van der Waals surface area contributed by atoms with Gasteiger partial charge in [0, 0.05) is 52.5 Å². The number of hydrogen-bond donors (Lipinski definition) is 1. The molecule has 4 heterocycles. The van der Waals surface area contributed by atoms with Crippen molar-refractivity contribution < 1.29 is 9.53 Å². The van der Waals surface area contributed by atoms with E-state index < -0.39 is 0 Å². The highest BCUT2D eigenvalue weighted by atomic mass is 32.1. The number of fused-ring (bicyclic) bond motifs is 5. The van der Waals surface area contributed by atoms with E-state index in [9.17, 15) is 9.59 Å². The molecular formula is C27H25N3O3S. The molecule has 34 heavy (non-hydrogen) atoms. The lowest BCUT2D eigenvalue weighted by molar-refractivity contribution is 0.140. The van der Waals surface area contributed by atoms with Gasteiger partial charge in [0.1, 0.15) is 5.75 Å². The maximum absolute atomic E-state index is 13.2. The summed E-state index contributed by atoms with van der Waals surface area (Å²) < 4.78 is 8.57. The third-order valence-electron chi connectivity index (χ3n) is 6.92. The number of nitrogens with zero attached hydrogens (tertiary/aromatic N) is 2. The number of likely N-dealkylation sites (tertiary alicyclic amines) is 1. The topological polar surface area (TPSA) is 63.6 Å². The number of thiophene rings is 1. The number of amides is 2. The molecular weight excluding hydrogens is 446 g/mol. The molecule has 2 aromatic carbocycles. The second kappa shape index (κ2) is 8.33. The van der Waals surface area contributed by atoms with Gasteiger partial charge in [-0.3, -0.25) is 4.79 Å². The maximum Gasteiger partial charge on any atom is 0.321 e. The minimum Gasteiger partial charge on any atom is -0.495 e. The number of piperidine rings is 1. The van der Waals surface area contributed by atoms with Gasteiger partial charge in [-0.05, 0) is 48.1 Å². The number of nitrogens with one attached hydrogen (secondary N) is 1. The first-order valence-electron chi connectivity index (χ1n) is 11.5. The van der Waals surface area contributed by atoms with Crippen molar-refractivity contribution in [3.63, 3.8) is 0 Å². The molecule has 0 radical (unpaired) electrons. The molecule has 172 valence electrons. The van der Waals surface area contributed by atoms with Crippen molar-refractivity contribution in [2.75, 3.05) is 25.5 Å². The number of carbonyl (C=O) groups is 1. The Labute approximate surface area is 201 Å². The van der Waals surface area contributed by atoms with Crippen molar-refractivity contribution in [2.45, 2.75) is 18.9 Å². The van der Waals surface area contributed by atoms with Crippen LogP contribution in [0.3, 0.4) is 0 Å². The van der Waals surface area contributed by atoms with E-state index in [1.807, 2.05) is 45.9 Å². The lowest BCUT2D eigenvalue weighted by atomic mass is 9.81. The number of rotatable bonds is 3. The third kappa shape index (κ3) is 3.56. The number of hydrogen-bond acceptors (Lipinski definition) is 4. The number of aromatic nitrogens is 1. The molecule has 0 saturated carbocycles. The summed E-state index contributed by atoms with van der Waals surface area (Å²) in [4.78, 5) is 29.1. The van der Waals surface area contributed by atoms with Crippen LogP contribution in [0.25, 0.3) is 20.5 Å². The molecule has 1 saturated heterocycles. The van der Waals surface area contributed by atoms with Crippen LogP contribution in [-0.4, -0.2) is 35.7 Å². The summed E-state index contributed by atoms with van der Waals surface area (Å²) in [5.41, 5.74) is 2.87. The second-order valence-corrected chi connectivity index (χ2v) is 10.1. The van der Waals surface area contributed by atoms with Crippen molar-refractivity contribution in [2.24, 2.45) is 5.92 Å². The van der Waals surface area contributed by atoms with Gasteiger partial charge in [-0.15, -0.1) is 11.3 Å². The minimum atomic E-state index is -0.130. The molecule has 7 heteroatoms. The highest BCUT2D eigenvalue weighted by molar-refractivity contribution is 7.22. The Kier molecular flexibility index (Phi) is 5.14. The molecule has 1 N–H and O–H groups in total. The highest BCUT2D eigenvalue weighted by Crippen LogP contribution is 2.43.